The van der Waals surface area contributed by atoms with Crippen molar-refractivity contribution in [2.45, 2.75) is 37.6 Å². The number of carboxylic acids is 1. The summed E-state index contributed by atoms with van der Waals surface area (Å²) in [6.07, 6.45) is 2.35. The molecule has 1 heterocycles. The topological polar surface area (TPSA) is 86.7 Å². The van der Waals surface area contributed by atoms with Crippen LogP contribution >= 0.6 is 23.2 Å². The standard InChI is InChI=1S/C17H18Cl2N2O4/c18-10-2-3-12(19)13(8-10)21-7-4-11(16(21)25)15(24)20-17(5-1-6-17)9-14(22)23/h2-3,8,11H,1,4-7,9H2,(H,20,24)(H,22,23). The Kier molecular flexibility index (Phi) is 4.93. The van der Waals surface area contributed by atoms with E-state index in [0.29, 0.717) is 41.5 Å². The molecule has 8 heteroatoms. The SMILES string of the molecule is O=C(O)CC1(NC(=O)C2CCN(c3cc(Cl)ccc3Cl)C2=O)CCC1. The van der Waals surface area contributed by atoms with Crippen molar-refractivity contribution in [1.29, 1.82) is 0 Å². The predicted molar refractivity (Wildman–Crippen MR) is 93.9 cm³/mol. The number of carboxylic acid groups (broad SMARTS) is 1. The number of amides is 2. The van der Waals surface area contributed by atoms with Gasteiger partial charge in [0.15, 0.2) is 0 Å². The van der Waals surface area contributed by atoms with E-state index in [2.05, 4.69) is 5.32 Å². The average Bonchev–Trinajstić information content (AvgIpc) is 2.88. The van der Waals surface area contributed by atoms with E-state index in [1.165, 1.54) is 4.90 Å². The van der Waals surface area contributed by atoms with E-state index in [1.54, 1.807) is 18.2 Å². The first-order valence-corrected chi connectivity index (χ1v) is 8.87. The summed E-state index contributed by atoms with van der Waals surface area (Å²) in [4.78, 5) is 37.7. The van der Waals surface area contributed by atoms with Gasteiger partial charge in [-0.15, -0.1) is 0 Å². The van der Waals surface area contributed by atoms with Gasteiger partial charge in [-0.2, -0.15) is 0 Å². The molecule has 0 radical (unpaired) electrons. The number of hydrogen-bond donors (Lipinski definition) is 2. The number of benzene rings is 1. The van der Waals surface area contributed by atoms with Crippen molar-refractivity contribution in [3.63, 3.8) is 0 Å². The summed E-state index contributed by atoms with van der Waals surface area (Å²) in [5.41, 5.74) is -0.233. The minimum Gasteiger partial charge on any atom is -0.481 e. The van der Waals surface area contributed by atoms with Crippen LogP contribution in [0.15, 0.2) is 18.2 Å². The van der Waals surface area contributed by atoms with Crippen LogP contribution in [-0.2, 0) is 14.4 Å². The molecule has 134 valence electrons. The maximum absolute atomic E-state index is 12.7. The molecule has 0 aromatic heterocycles. The van der Waals surface area contributed by atoms with E-state index in [1.807, 2.05) is 0 Å². The van der Waals surface area contributed by atoms with E-state index in [4.69, 9.17) is 28.3 Å². The van der Waals surface area contributed by atoms with Gasteiger partial charge in [-0.1, -0.05) is 23.2 Å². The first kappa shape index (κ1) is 18.0. The van der Waals surface area contributed by atoms with Crippen molar-refractivity contribution in [3.05, 3.63) is 28.2 Å². The summed E-state index contributed by atoms with van der Waals surface area (Å²) >= 11 is 12.1. The number of anilines is 1. The average molecular weight is 385 g/mol. The van der Waals surface area contributed by atoms with Crippen LogP contribution < -0.4 is 10.2 Å². The molecule has 2 aliphatic rings. The normalized spacial score (nSPS) is 21.8. The monoisotopic (exact) mass is 384 g/mol. The molecule has 2 amide bonds. The highest BCUT2D eigenvalue weighted by atomic mass is 35.5. The second-order valence-electron chi connectivity index (χ2n) is 6.62. The molecule has 2 fully saturated rings. The number of carbonyl (C=O) groups excluding carboxylic acids is 2. The van der Waals surface area contributed by atoms with Crippen molar-refractivity contribution in [1.82, 2.24) is 5.32 Å². The van der Waals surface area contributed by atoms with Gasteiger partial charge in [-0.05, 0) is 43.9 Å². The Bertz CT molecular complexity index is 733. The Morgan fingerprint density at radius 1 is 1.32 bits per heavy atom. The van der Waals surface area contributed by atoms with Gasteiger partial charge >= 0.3 is 5.97 Å². The van der Waals surface area contributed by atoms with Gasteiger partial charge in [0.25, 0.3) is 0 Å². The maximum atomic E-state index is 12.7. The van der Waals surface area contributed by atoms with Gasteiger partial charge in [0.1, 0.15) is 5.92 Å². The van der Waals surface area contributed by atoms with Crippen LogP contribution in [0.1, 0.15) is 32.1 Å². The Hall–Kier alpha value is -1.79. The third kappa shape index (κ3) is 3.60. The predicted octanol–water partition coefficient (Wildman–Crippen LogP) is 2.86. The number of nitrogens with zero attached hydrogens (tertiary/aromatic N) is 1. The van der Waals surface area contributed by atoms with E-state index < -0.39 is 23.3 Å². The number of rotatable bonds is 5. The van der Waals surface area contributed by atoms with Crippen LogP contribution in [0.5, 0.6) is 0 Å². The molecule has 6 nitrogen and oxygen atoms in total. The number of carbonyl (C=O) groups is 3. The van der Waals surface area contributed by atoms with Crippen molar-refractivity contribution in [2.24, 2.45) is 5.92 Å². The van der Waals surface area contributed by atoms with E-state index in [0.717, 1.165) is 6.42 Å². The zero-order valence-corrected chi connectivity index (χ0v) is 14.9. The molecule has 1 aliphatic carbocycles. The first-order chi connectivity index (χ1) is 11.8. The molecule has 1 atom stereocenters. The molecule has 1 aromatic carbocycles. The largest absolute Gasteiger partial charge is 0.481 e. The molecule has 0 bridgehead atoms. The molecular weight excluding hydrogens is 367 g/mol. The van der Waals surface area contributed by atoms with Crippen LogP contribution in [-0.4, -0.2) is 35.0 Å². The third-order valence-electron chi connectivity index (χ3n) is 4.91. The quantitative estimate of drug-likeness (QED) is 0.764. The summed E-state index contributed by atoms with van der Waals surface area (Å²) in [5, 5.41) is 12.7. The van der Waals surface area contributed by atoms with Crippen LogP contribution in [0.3, 0.4) is 0 Å². The fourth-order valence-corrected chi connectivity index (χ4v) is 3.83. The number of nitrogens with one attached hydrogen (secondary N) is 1. The maximum Gasteiger partial charge on any atom is 0.305 e. The van der Waals surface area contributed by atoms with E-state index in [9.17, 15) is 14.4 Å². The Labute approximate surface area is 155 Å². The zero-order valence-electron chi connectivity index (χ0n) is 13.4. The highest BCUT2D eigenvalue weighted by Gasteiger charge is 2.45. The molecule has 3 rings (SSSR count). The second kappa shape index (κ2) is 6.84. The zero-order chi connectivity index (χ0) is 18.2. The van der Waals surface area contributed by atoms with Crippen molar-refractivity contribution in [3.8, 4) is 0 Å². The highest BCUT2D eigenvalue weighted by Crippen LogP contribution is 2.37. The van der Waals surface area contributed by atoms with Crippen LogP contribution in [0.25, 0.3) is 0 Å². The lowest BCUT2D eigenvalue weighted by molar-refractivity contribution is -0.141. The van der Waals surface area contributed by atoms with Crippen molar-refractivity contribution in [2.75, 3.05) is 11.4 Å². The molecular formula is C17H18Cl2N2O4. The highest BCUT2D eigenvalue weighted by molar-refractivity contribution is 6.36. The van der Waals surface area contributed by atoms with E-state index >= 15 is 0 Å². The van der Waals surface area contributed by atoms with E-state index in [-0.39, 0.29) is 12.3 Å². The van der Waals surface area contributed by atoms with Crippen LogP contribution in [0, 0.1) is 5.92 Å². The lowest BCUT2D eigenvalue weighted by Crippen LogP contribution is -2.56. The van der Waals surface area contributed by atoms with Crippen LogP contribution in [0.2, 0.25) is 10.0 Å². The first-order valence-electron chi connectivity index (χ1n) is 8.12. The minimum atomic E-state index is -0.954. The molecule has 25 heavy (non-hydrogen) atoms. The fraction of sp³-hybridized carbons (Fsp3) is 0.471. The summed E-state index contributed by atoms with van der Waals surface area (Å²) < 4.78 is 0. The van der Waals surface area contributed by atoms with Gasteiger partial charge in [-0.25, -0.2) is 0 Å². The van der Waals surface area contributed by atoms with Gasteiger partial charge in [0.2, 0.25) is 11.8 Å². The van der Waals surface area contributed by atoms with Crippen molar-refractivity contribution >= 4 is 46.7 Å². The number of aliphatic carboxylic acids is 1. The summed E-state index contributed by atoms with van der Waals surface area (Å²) in [7, 11) is 0. The smallest absolute Gasteiger partial charge is 0.305 e. The molecule has 1 saturated carbocycles. The molecule has 1 saturated heterocycles. The third-order valence-corrected chi connectivity index (χ3v) is 5.46. The van der Waals surface area contributed by atoms with Gasteiger partial charge in [0, 0.05) is 11.6 Å². The lowest BCUT2D eigenvalue weighted by Gasteiger charge is -2.42. The summed E-state index contributed by atoms with van der Waals surface area (Å²) in [6.45, 7) is 0.364. The van der Waals surface area contributed by atoms with Gasteiger partial charge in [0.05, 0.1) is 22.7 Å². The minimum absolute atomic E-state index is 0.122. The molecule has 0 spiro atoms. The Balaban J connectivity index is 1.72. The Morgan fingerprint density at radius 3 is 2.64 bits per heavy atom. The lowest BCUT2D eigenvalue weighted by atomic mass is 9.74. The second-order valence-corrected chi connectivity index (χ2v) is 7.46. The van der Waals surface area contributed by atoms with Crippen molar-refractivity contribution < 1.29 is 19.5 Å². The molecule has 2 N–H and O–H groups in total. The number of halogens is 2. The summed E-state index contributed by atoms with van der Waals surface area (Å²) in [5.74, 6) is -2.54. The molecule has 1 aliphatic heterocycles. The molecule has 1 unspecified atom stereocenters. The number of hydrogen-bond acceptors (Lipinski definition) is 3. The fourth-order valence-electron chi connectivity index (χ4n) is 3.44. The molecule has 1 aromatic rings. The van der Waals surface area contributed by atoms with Gasteiger partial charge in [-0.3, -0.25) is 14.4 Å². The van der Waals surface area contributed by atoms with Crippen LogP contribution in [0.4, 0.5) is 5.69 Å². The van der Waals surface area contributed by atoms with Gasteiger partial charge < -0.3 is 15.3 Å². The Morgan fingerprint density at radius 2 is 2.04 bits per heavy atom. The summed E-state index contributed by atoms with van der Waals surface area (Å²) in [6, 6.07) is 4.83.